The molecule has 1 N–H and O–H groups in total. The summed E-state index contributed by atoms with van der Waals surface area (Å²) in [5, 5.41) is 7.09. The smallest absolute Gasteiger partial charge is 0.324 e. The highest BCUT2D eigenvalue weighted by Gasteiger charge is 2.31. The van der Waals surface area contributed by atoms with Crippen LogP contribution in [0.25, 0.3) is 5.69 Å². The average molecular weight is 402 g/mol. The number of rotatable bonds is 6. The maximum atomic E-state index is 12.2. The molecule has 0 bridgehead atoms. The summed E-state index contributed by atoms with van der Waals surface area (Å²) in [6.07, 6.45) is -1.01. The molecule has 2 aromatic rings. The second-order valence-electron chi connectivity index (χ2n) is 6.39. The molecule has 3 rings (SSSR count). The van der Waals surface area contributed by atoms with Gasteiger partial charge in [-0.25, -0.2) is 9.48 Å². The van der Waals surface area contributed by atoms with Crippen LogP contribution in [0.15, 0.2) is 35.2 Å². The largest absolute Gasteiger partial charge is 0.452 e. The molecule has 1 fully saturated rings. The van der Waals surface area contributed by atoms with Crippen LogP contribution in [0, 0.1) is 13.8 Å². The van der Waals surface area contributed by atoms with E-state index in [9.17, 15) is 14.4 Å². The number of aromatic nitrogens is 2. The van der Waals surface area contributed by atoms with Gasteiger partial charge in [0.2, 0.25) is 0 Å². The van der Waals surface area contributed by atoms with Crippen LogP contribution in [0.3, 0.4) is 0 Å². The van der Waals surface area contributed by atoms with E-state index in [4.69, 9.17) is 4.74 Å². The van der Waals surface area contributed by atoms with Crippen molar-refractivity contribution in [2.75, 3.05) is 18.8 Å². The lowest BCUT2D eigenvalue weighted by Crippen LogP contribution is -2.42. The molecule has 3 amide bonds. The molecule has 0 radical (unpaired) electrons. The lowest BCUT2D eigenvalue weighted by molar-refractivity contribution is -0.155. The third-order valence-electron chi connectivity index (χ3n) is 4.34. The SMILES string of the molecule is Cc1nn(-c2ccccc2)c(C)c1SCC(=O)O[C@H](C)C(=O)N1CCNC1=O. The Morgan fingerprint density at radius 2 is 2.00 bits per heavy atom. The first-order valence-corrected chi connectivity index (χ1v) is 9.90. The highest BCUT2D eigenvalue weighted by atomic mass is 32.2. The normalized spacial score (nSPS) is 14.7. The van der Waals surface area contributed by atoms with Gasteiger partial charge in [-0.2, -0.15) is 5.10 Å². The van der Waals surface area contributed by atoms with Crippen molar-refractivity contribution < 1.29 is 19.1 Å². The second-order valence-corrected chi connectivity index (χ2v) is 7.38. The minimum Gasteiger partial charge on any atom is -0.452 e. The summed E-state index contributed by atoms with van der Waals surface area (Å²) in [5.41, 5.74) is 2.69. The highest BCUT2D eigenvalue weighted by molar-refractivity contribution is 8.00. The van der Waals surface area contributed by atoms with Crippen molar-refractivity contribution in [3.8, 4) is 5.69 Å². The predicted octanol–water partition coefficient (Wildman–Crippen LogP) is 2.06. The van der Waals surface area contributed by atoms with E-state index in [-0.39, 0.29) is 12.3 Å². The molecule has 1 aromatic heterocycles. The van der Waals surface area contributed by atoms with E-state index in [1.54, 1.807) is 0 Å². The molecule has 1 atom stereocenters. The zero-order valence-electron chi connectivity index (χ0n) is 16.0. The molecule has 28 heavy (non-hydrogen) atoms. The van der Waals surface area contributed by atoms with Crippen LogP contribution >= 0.6 is 11.8 Å². The van der Waals surface area contributed by atoms with Gasteiger partial charge in [0, 0.05) is 13.1 Å². The van der Waals surface area contributed by atoms with Gasteiger partial charge in [0.1, 0.15) is 0 Å². The van der Waals surface area contributed by atoms with E-state index < -0.39 is 24.0 Å². The number of esters is 1. The summed E-state index contributed by atoms with van der Waals surface area (Å²) in [6.45, 7) is 5.99. The van der Waals surface area contributed by atoms with Crippen molar-refractivity contribution in [2.45, 2.75) is 31.8 Å². The van der Waals surface area contributed by atoms with Crippen molar-refractivity contribution in [1.82, 2.24) is 20.0 Å². The lowest BCUT2D eigenvalue weighted by atomic mass is 10.3. The Balaban J connectivity index is 1.60. The van der Waals surface area contributed by atoms with E-state index in [0.717, 1.165) is 26.9 Å². The molecule has 1 aromatic carbocycles. The lowest BCUT2D eigenvalue weighted by Gasteiger charge is -2.18. The minimum atomic E-state index is -1.01. The molecule has 9 heteroatoms. The zero-order chi connectivity index (χ0) is 20.3. The van der Waals surface area contributed by atoms with Crippen molar-refractivity contribution in [3.05, 3.63) is 41.7 Å². The van der Waals surface area contributed by atoms with Gasteiger partial charge in [-0.15, -0.1) is 11.8 Å². The Kier molecular flexibility index (Phi) is 6.03. The quantitative estimate of drug-likeness (QED) is 0.587. The van der Waals surface area contributed by atoms with E-state index in [0.29, 0.717) is 6.54 Å². The zero-order valence-corrected chi connectivity index (χ0v) is 16.8. The number of hydrogen-bond acceptors (Lipinski definition) is 6. The molecule has 0 aliphatic carbocycles. The fraction of sp³-hybridized carbons (Fsp3) is 0.368. The topological polar surface area (TPSA) is 93.5 Å². The van der Waals surface area contributed by atoms with Crippen LogP contribution in [0.5, 0.6) is 0 Å². The molecule has 1 aliphatic rings. The van der Waals surface area contributed by atoms with Crippen molar-refractivity contribution in [1.29, 1.82) is 0 Å². The molecular formula is C19H22N4O4S. The Bertz CT molecular complexity index is 897. The van der Waals surface area contributed by atoms with Crippen LogP contribution in [0.1, 0.15) is 18.3 Å². The molecule has 0 saturated carbocycles. The first-order valence-electron chi connectivity index (χ1n) is 8.91. The van der Waals surface area contributed by atoms with Crippen LogP contribution in [-0.2, 0) is 14.3 Å². The van der Waals surface area contributed by atoms with Gasteiger partial charge in [0.25, 0.3) is 5.91 Å². The van der Waals surface area contributed by atoms with E-state index >= 15 is 0 Å². The van der Waals surface area contributed by atoms with Crippen LogP contribution in [0.2, 0.25) is 0 Å². The monoisotopic (exact) mass is 402 g/mol. The van der Waals surface area contributed by atoms with Crippen molar-refractivity contribution >= 4 is 29.7 Å². The number of imide groups is 1. The number of hydrogen-bond donors (Lipinski definition) is 1. The summed E-state index contributed by atoms with van der Waals surface area (Å²) < 4.78 is 7.04. The summed E-state index contributed by atoms with van der Waals surface area (Å²) in [6, 6.07) is 9.29. The number of carbonyl (C=O) groups excluding carboxylic acids is 3. The molecule has 0 spiro atoms. The standard InChI is InChI=1S/C19H22N4O4S/c1-12-17(13(2)23(21-12)15-7-5-4-6-8-15)28-11-16(24)27-14(3)18(25)22-10-9-20-19(22)26/h4-8,14H,9-11H2,1-3H3,(H,20,26)/t14-/m1/s1. The Morgan fingerprint density at radius 3 is 2.64 bits per heavy atom. The van der Waals surface area contributed by atoms with Gasteiger partial charge < -0.3 is 10.1 Å². The second kappa shape index (κ2) is 8.47. The molecule has 8 nitrogen and oxygen atoms in total. The Hall–Kier alpha value is -2.81. The number of para-hydroxylation sites is 1. The molecular weight excluding hydrogens is 380 g/mol. The van der Waals surface area contributed by atoms with Gasteiger partial charge in [-0.05, 0) is 32.9 Å². The maximum absolute atomic E-state index is 12.2. The molecule has 148 valence electrons. The fourth-order valence-electron chi connectivity index (χ4n) is 2.97. The summed E-state index contributed by atoms with van der Waals surface area (Å²) in [7, 11) is 0. The number of nitrogens with one attached hydrogen (secondary N) is 1. The van der Waals surface area contributed by atoms with Crippen molar-refractivity contribution in [2.24, 2.45) is 0 Å². The molecule has 1 saturated heterocycles. The van der Waals surface area contributed by atoms with Gasteiger partial charge >= 0.3 is 12.0 Å². The summed E-state index contributed by atoms with van der Waals surface area (Å²) in [4.78, 5) is 37.9. The summed E-state index contributed by atoms with van der Waals surface area (Å²) in [5.74, 6) is -0.985. The number of nitrogens with zero attached hydrogens (tertiary/aromatic N) is 3. The third kappa shape index (κ3) is 4.19. The van der Waals surface area contributed by atoms with Crippen LogP contribution < -0.4 is 5.32 Å². The number of ether oxygens (including phenoxy) is 1. The number of amides is 3. The molecule has 1 aliphatic heterocycles. The van der Waals surface area contributed by atoms with E-state index in [2.05, 4.69) is 10.4 Å². The van der Waals surface area contributed by atoms with Gasteiger partial charge in [-0.1, -0.05) is 18.2 Å². The number of benzene rings is 1. The number of thioether (sulfide) groups is 1. The Morgan fingerprint density at radius 1 is 1.29 bits per heavy atom. The Labute approximate surface area is 167 Å². The third-order valence-corrected chi connectivity index (χ3v) is 5.60. The molecule has 0 unspecified atom stereocenters. The van der Waals surface area contributed by atoms with Crippen molar-refractivity contribution in [3.63, 3.8) is 0 Å². The number of carbonyl (C=O) groups is 3. The fourth-order valence-corrected chi connectivity index (χ4v) is 3.85. The van der Waals surface area contributed by atoms with Crippen LogP contribution in [0.4, 0.5) is 4.79 Å². The van der Waals surface area contributed by atoms with Gasteiger partial charge in [-0.3, -0.25) is 14.5 Å². The first-order chi connectivity index (χ1) is 13.4. The van der Waals surface area contributed by atoms with Gasteiger partial charge in [0.15, 0.2) is 6.10 Å². The van der Waals surface area contributed by atoms with E-state index in [1.165, 1.54) is 18.7 Å². The number of urea groups is 1. The predicted molar refractivity (Wildman–Crippen MR) is 104 cm³/mol. The van der Waals surface area contributed by atoms with Gasteiger partial charge in [0.05, 0.1) is 27.7 Å². The highest BCUT2D eigenvalue weighted by Crippen LogP contribution is 2.28. The van der Waals surface area contributed by atoms with E-state index in [1.807, 2.05) is 48.9 Å². The summed E-state index contributed by atoms with van der Waals surface area (Å²) >= 11 is 1.32. The maximum Gasteiger partial charge on any atom is 0.324 e. The van der Waals surface area contributed by atoms with Crippen LogP contribution in [-0.4, -0.2) is 57.5 Å². The minimum absolute atomic E-state index is 0.0476. The average Bonchev–Trinajstić information content (AvgIpc) is 3.23. The molecule has 2 heterocycles. The number of aryl methyl sites for hydroxylation is 1. The first kappa shape index (κ1) is 19.9.